The molecule has 1 heterocycles. The number of sulfonamides is 1. The van der Waals surface area contributed by atoms with Gasteiger partial charge in [0.25, 0.3) is 0 Å². The molecular weight excluding hydrogens is 492 g/mol. The maximum atomic E-state index is 13.6. The molecule has 1 fully saturated rings. The maximum absolute atomic E-state index is 13.6. The molecule has 0 spiro atoms. The van der Waals surface area contributed by atoms with E-state index in [4.69, 9.17) is 4.74 Å². The van der Waals surface area contributed by atoms with Crippen molar-refractivity contribution >= 4 is 33.4 Å². The monoisotopic (exact) mass is 524 g/mol. The Balaban J connectivity index is 1.52. The number of hydrogen-bond donors (Lipinski definition) is 1. The van der Waals surface area contributed by atoms with Crippen LogP contribution in [0.5, 0.6) is 5.75 Å². The van der Waals surface area contributed by atoms with Crippen molar-refractivity contribution in [2.45, 2.75) is 47.3 Å². The first-order valence-corrected chi connectivity index (χ1v) is 14.4. The third kappa shape index (κ3) is 5.94. The highest BCUT2D eigenvalue weighted by Crippen LogP contribution is 2.35. The van der Waals surface area contributed by atoms with Gasteiger partial charge in [0.2, 0.25) is 15.9 Å². The van der Waals surface area contributed by atoms with Crippen molar-refractivity contribution in [3.63, 3.8) is 0 Å². The molecule has 1 N–H and O–H groups in total. The number of anilines is 1. The summed E-state index contributed by atoms with van der Waals surface area (Å²) < 4.78 is 34.1. The standard InChI is InChI=1S/C28H32N2O4S2/c1-20(2)21-15-16-25(34-3)27(18-21)36(32,33)30-17-9-10-22(19-30)28(31)29-24-13-7-8-14-26(24)35-23-11-5-4-6-12-23/h4-8,11-16,18,20,22H,9-10,17,19H2,1-3H3,(H,29,31)/t22-/m0/s1. The van der Waals surface area contributed by atoms with Crippen LogP contribution in [0.4, 0.5) is 5.69 Å². The van der Waals surface area contributed by atoms with Crippen LogP contribution in [0.1, 0.15) is 38.2 Å². The van der Waals surface area contributed by atoms with E-state index in [-0.39, 0.29) is 23.3 Å². The second-order valence-electron chi connectivity index (χ2n) is 9.17. The summed E-state index contributed by atoms with van der Waals surface area (Å²) in [5.41, 5.74) is 1.65. The Hall–Kier alpha value is -2.81. The number of carbonyl (C=O) groups excluding carboxylic acids is 1. The van der Waals surface area contributed by atoms with Crippen molar-refractivity contribution in [2.75, 3.05) is 25.5 Å². The molecule has 1 atom stereocenters. The Morgan fingerprint density at radius 2 is 1.78 bits per heavy atom. The van der Waals surface area contributed by atoms with Crippen LogP contribution in [0.15, 0.2) is 87.5 Å². The third-order valence-electron chi connectivity index (χ3n) is 6.34. The molecule has 0 aromatic heterocycles. The predicted molar refractivity (Wildman–Crippen MR) is 144 cm³/mol. The fourth-order valence-corrected chi connectivity index (χ4v) is 6.91. The van der Waals surface area contributed by atoms with E-state index in [1.54, 1.807) is 23.9 Å². The SMILES string of the molecule is COc1ccc(C(C)C)cc1S(=O)(=O)N1CCC[C@H](C(=O)Nc2ccccc2Sc2ccccc2)C1. The lowest BCUT2D eigenvalue weighted by Crippen LogP contribution is -2.43. The van der Waals surface area contributed by atoms with Gasteiger partial charge in [0.1, 0.15) is 10.6 Å². The van der Waals surface area contributed by atoms with E-state index in [0.29, 0.717) is 25.1 Å². The summed E-state index contributed by atoms with van der Waals surface area (Å²) in [6.45, 7) is 4.56. The summed E-state index contributed by atoms with van der Waals surface area (Å²) in [7, 11) is -2.35. The highest BCUT2D eigenvalue weighted by molar-refractivity contribution is 7.99. The average Bonchev–Trinajstić information content (AvgIpc) is 2.90. The molecule has 6 nitrogen and oxygen atoms in total. The van der Waals surface area contributed by atoms with Crippen molar-refractivity contribution in [1.29, 1.82) is 0 Å². The number of nitrogens with one attached hydrogen (secondary N) is 1. The van der Waals surface area contributed by atoms with Crippen molar-refractivity contribution < 1.29 is 17.9 Å². The molecule has 0 aliphatic carbocycles. The fraction of sp³-hybridized carbons (Fsp3) is 0.321. The van der Waals surface area contributed by atoms with Gasteiger partial charge in [-0.2, -0.15) is 4.31 Å². The zero-order valence-electron chi connectivity index (χ0n) is 20.8. The molecule has 1 saturated heterocycles. The van der Waals surface area contributed by atoms with E-state index in [0.717, 1.165) is 21.0 Å². The van der Waals surface area contributed by atoms with Crippen LogP contribution in [0.2, 0.25) is 0 Å². The van der Waals surface area contributed by atoms with E-state index in [9.17, 15) is 13.2 Å². The molecule has 0 radical (unpaired) electrons. The Morgan fingerprint density at radius 3 is 2.50 bits per heavy atom. The number of nitrogens with zero attached hydrogens (tertiary/aromatic N) is 1. The molecule has 0 saturated carbocycles. The van der Waals surface area contributed by atoms with Crippen LogP contribution < -0.4 is 10.1 Å². The number of carbonyl (C=O) groups is 1. The van der Waals surface area contributed by atoms with E-state index >= 15 is 0 Å². The molecule has 1 aliphatic heterocycles. The maximum Gasteiger partial charge on any atom is 0.246 e. The predicted octanol–water partition coefficient (Wildman–Crippen LogP) is 6.01. The summed E-state index contributed by atoms with van der Waals surface area (Å²) in [6, 6.07) is 22.9. The number of ether oxygens (including phenoxy) is 1. The Bertz CT molecular complexity index is 1310. The second kappa shape index (κ2) is 11.5. The van der Waals surface area contributed by atoms with Crippen molar-refractivity contribution in [2.24, 2.45) is 5.92 Å². The van der Waals surface area contributed by atoms with Gasteiger partial charge in [0.05, 0.1) is 18.7 Å². The van der Waals surface area contributed by atoms with Crippen LogP contribution in [-0.4, -0.2) is 38.8 Å². The van der Waals surface area contributed by atoms with Gasteiger partial charge in [0, 0.05) is 22.9 Å². The average molecular weight is 525 g/mol. The van der Waals surface area contributed by atoms with Gasteiger partial charge >= 0.3 is 0 Å². The first kappa shape index (κ1) is 26.3. The molecule has 36 heavy (non-hydrogen) atoms. The molecule has 3 aromatic rings. The molecule has 3 aromatic carbocycles. The van der Waals surface area contributed by atoms with Crippen LogP contribution in [0.3, 0.4) is 0 Å². The number of piperidine rings is 1. The minimum Gasteiger partial charge on any atom is -0.495 e. The summed E-state index contributed by atoms with van der Waals surface area (Å²) >= 11 is 1.58. The molecular formula is C28H32N2O4S2. The zero-order valence-corrected chi connectivity index (χ0v) is 22.4. The van der Waals surface area contributed by atoms with Crippen LogP contribution in [-0.2, 0) is 14.8 Å². The molecule has 1 aliphatic rings. The van der Waals surface area contributed by atoms with Gasteiger partial charge in [-0.25, -0.2) is 8.42 Å². The number of rotatable bonds is 8. The minimum absolute atomic E-state index is 0.136. The molecule has 8 heteroatoms. The van der Waals surface area contributed by atoms with Crippen LogP contribution >= 0.6 is 11.8 Å². The van der Waals surface area contributed by atoms with E-state index in [1.165, 1.54) is 11.4 Å². The van der Waals surface area contributed by atoms with Crippen molar-refractivity contribution in [3.05, 3.63) is 78.4 Å². The van der Waals surface area contributed by atoms with Crippen molar-refractivity contribution in [3.8, 4) is 5.75 Å². The van der Waals surface area contributed by atoms with Crippen LogP contribution in [0.25, 0.3) is 0 Å². The third-order valence-corrected chi connectivity index (χ3v) is 9.31. The lowest BCUT2D eigenvalue weighted by Gasteiger charge is -2.31. The molecule has 190 valence electrons. The number of hydrogen-bond acceptors (Lipinski definition) is 5. The number of para-hydroxylation sites is 1. The summed E-state index contributed by atoms with van der Waals surface area (Å²) in [6.07, 6.45) is 1.25. The van der Waals surface area contributed by atoms with Gasteiger partial charge in [-0.1, -0.05) is 62.0 Å². The summed E-state index contributed by atoms with van der Waals surface area (Å²) in [4.78, 5) is 15.4. The molecule has 1 amide bonds. The van der Waals surface area contributed by atoms with Gasteiger partial charge in [-0.15, -0.1) is 0 Å². The number of methoxy groups -OCH3 is 1. The lowest BCUT2D eigenvalue weighted by atomic mass is 9.98. The quantitative estimate of drug-likeness (QED) is 0.391. The van der Waals surface area contributed by atoms with Gasteiger partial charge in [0.15, 0.2) is 0 Å². The first-order chi connectivity index (χ1) is 17.3. The number of benzene rings is 3. The van der Waals surface area contributed by atoms with Gasteiger partial charge in [-0.3, -0.25) is 4.79 Å². The zero-order chi connectivity index (χ0) is 25.7. The van der Waals surface area contributed by atoms with E-state index in [2.05, 4.69) is 5.32 Å². The molecule has 0 unspecified atom stereocenters. The minimum atomic E-state index is -3.82. The summed E-state index contributed by atoms with van der Waals surface area (Å²) in [5, 5.41) is 3.05. The largest absolute Gasteiger partial charge is 0.495 e. The van der Waals surface area contributed by atoms with E-state index < -0.39 is 15.9 Å². The normalized spacial score (nSPS) is 16.6. The first-order valence-electron chi connectivity index (χ1n) is 12.1. The highest BCUT2D eigenvalue weighted by atomic mass is 32.2. The Kier molecular flexibility index (Phi) is 8.39. The molecule has 4 rings (SSSR count). The number of amides is 1. The lowest BCUT2D eigenvalue weighted by molar-refractivity contribution is -0.120. The van der Waals surface area contributed by atoms with Crippen LogP contribution in [0, 0.1) is 5.92 Å². The second-order valence-corrected chi connectivity index (χ2v) is 12.2. The fourth-order valence-electron chi connectivity index (χ4n) is 4.28. The van der Waals surface area contributed by atoms with Gasteiger partial charge < -0.3 is 10.1 Å². The van der Waals surface area contributed by atoms with Gasteiger partial charge in [-0.05, 0) is 60.7 Å². The van der Waals surface area contributed by atoms with Crippen molar-refractivity contribution in [1.82, 2.24) is 4.31 Å². The topological polar surface area (TPSA) is 75.7 Å². The smallest absolute Gasteiger partial charge is 0.246 e. The highest BCUT2D eigenvalue weighted by Gasteiger charge is 2.35. The Morgan fingerprint density at radius 1 is 1.06 bits per heavy atom. The summed E-state index contributed by atoms with van der Waals surface area (Å²) in [5.74, 6) is -0.113. The van der Waals surface area contributed by atoms with E-state index in [1.807, 2.05) is 74.5 Å². The molecule has 0 bridgehead atoms. The Labute approximate surface area is 218 Å².